The van der Waals surface area contributed by atoms with Gasteiger partial charge in [0.05, 0.1) is 38.9 Å². The molecule has 1 N–H and O–H groups in total. The van der Waals surface area contributed by atoms with Crippen LogP contribution in [-0.2, 0) is 0 Å². The zero-order chi connectivity index (χ0) is 17.6. The predicted octanol–water partition coefficient (Wildman–Crippen LogP) is 3.31. The average Bonchev–Trinajstić information content (AvgIpc) is 2.68. The summed E-state index contributed by atoms with van der Waals surface area (Å²) in [5.74, 6) is 2.68. The lowest BCUT2D eigenvalue weighted by atomic mass is 10.2. The molecule has 0 fully saturated rings. The van der Waals surface area contributed by atoms with Gasteiger partial charge >= 0.3 is 0 Å². The number of anilines is 2. The smallest absolute Gasteiger partial charge is 0.146 e. The molecule has 2 heterocycles. The Balaban J connectivity index is 1.89. The van der Waals surface area contributed by atoms with Gasteiger partial charge in [-0.15, -0.1) is 0 Å². The van der Waals surface area contributed by atoms with Crippen LogP contribution in [-0.4, -0.2) is 36.3 Å². The number of pyridine rings is 1. The van der Waals surface area contributed by atoms with Crippen molar-refractivity contribution in [2.75, 3.05) is 26.6 Å². The van der Waals surface area contributed by atoms with E-state index in [0.717, 1.165) is 16.9 Å². The van der Waals surface area contributed by atoms with Crippen molar-refractivity contribution in [2.24, 2.45) is 0 Å². The molecule has 0 unspecified atom stereocenters. The quantitative estimate of drug-likeness (QED) is 0.738. The first-order valence-corrected chi connectivity index (χ1v) is 7.54. The van der Waals surface area contributed by atoms with E-state index in [0.29, 0.717) is 23.1 Å². The Labute approximate surface area is 145 Å². The van der Waals surface area contributed by atoms with E-state index in [1.54, 1.807) is 39.8 Å². The van der Waals surface area contributed by atoms with Crippen molar-refractivity contribution in [1.82, 2.24) is 15.0 Å². The minimum Gasteiger partial charge on any atom is -0.497 e. The van der Waals surface area contributed by atoms with E-state index in [-0.39, 0.29) is 0 Å². The molecule has 0 aliphatic heterocycles. The SMILES string of the molecule is COc1cncc(-c2cc(Nc3ccc(OC)cc3OC)ncn2)c1. The number of hydrogen-bond acceptors (Lipinski definition) is 7. The highest BCUT2D eigenvalue weighted by molar-refractivity contribution is 5.69. The second kappa shape index (κ2) is 7.48. The van der Waals surface area contributed by atoms with E-state index < -0.39 is 0 Å². The summed E-state index contributed by atoms with van der Waals surface area (Å²) in [6.07, 6.45) is 4.86. The Morgan fingerprint density at radius 3 is 2.44 bits per heavy atom. The van der Waals surface area contributed by atoms with Gasteiger partial charge in [0.15, 0.2) is 0 Å². The highest BCUT2D eigenvalue weighted by Gasteiger charge is 2.08. The molecule has 1 aromatic carbocycles. The van der Waals surface area contributed by atoms with E-state index in [2.05, 4.69) is 20.3 Å². The molecule has 7 nitrogen and oxygen atoms in total. The maximum absolute atomic E-state index is 5.39. The summed E-state index contributed by atoms with van der Waals surface area (Å²) >= 11 is 0. The van der Waals surface area contributed by atoms with Crippen molar-refractivity contribution in [2.45, 2.75) is 0 Å². The molecule has 0 saturated heterocycles. The van der Waals surface area contributed by atoms with Crippen molar-refractivity contribution < 1.29 is 14.2 Å². The van der Waals surface area contributed by atoms with Crippen LogP contribution in [0.5, 0.6) is 17.2 Å². The second-order valence-corrected chi connectivity index (χ2v) is 5.09. The number of methoxy groups -OCH3 is 3. The van der Waals surface area contributed by atoms with Gasteiger partial charge in [-0.2, -0.15) is 0 Å². The van der Waals surface area contributed by atoms with E-state index in [4.69, 9.17) is 14.2 Å². The van der Waals surface area contributed by atoms with E-state index in [1.807, 2.05) is 24.3 Å². The van der Waals surface area contributed by atoms with Crippen molar-refractivity contribution in [3.05, 3.63) is 49.1 Å². The van der Waals surface area contributed by atoms with Crippen LogP contribution in [0.1, 0.15) is 0 Å². The van der Waals surface area contributed by atoms with Crippen LogP contribution >= 0.6 is 0 Å². The molecule has 3 aromatic rings. The van der Waals surface area contributed by atoms with Crippen molar-refractivity contribution in [3.63, 3.8) is 0 Å². The molecule has 25 heavy (non-hydrogen) atoms. The molecule has 128 valence electrons. The van der Waals surface area contributed by atoms with E-state index in [9.17, 15) is 0 Å². The third-order valence-corrected chi connectivity index (χ3v) is 3.58. The highest BCUT2D eigenvalue weighted by Crippen LogP contribution is 2.31. The first kappa shape index (κ1) is 16.5. The van der Waals surface area contributed by atoms with Gasteiger partial charge in [-0.3, -0.25) is 4.98 Å². The molecule has 0 spiro atoms. The Bertz CT molecular complexity index is 870. The van der Waals surface area contributed by atoms with Crippen molar-refractivity contribution in [1.29, 1.82) is 0 Å². The summed E-state index contributed by atoms with van der Waals surface area (Å²) in [5.41, 5.74) is 2.35. The molecular formula is C18H18N4O3. The molecule has 0 atom stereocenters. The number of benzene rings is 1. The Morgan fingerprint density at radius 1 is 0.840 bits per heavy atom. The minimum atomic E-state index is 0.635. The fraction of sp³-hybridized carbons (Fsp3) is 0.167. The average molecular weight is 338 g/mol. The number of rotatable bonds is 6. The largest absolute Gasteiger partial charge is 0.497 e. The molecule has 0 aliphatic rings. The fourth-order valence-corrected chi connectivity index (χ4v) is 2.29. The lowest BCUT2D eigenvalue weighted by Gasteiger charge is -2.12. The summed E-state index contributed by atoms with van der Waals surface area (Å²) in [6.45, 7) is 0. The van der Waals surface area contributed by atoms with Gasteiger partial charge < -0.3 is 19.5 Å². The summed E-state index contributed by atoms with van der Waals surface area (Å²) in [6, 6.07) is 9.22. The lowest BCUT2D eigenvalue weighted by Crippen LogP contribution is -1.98. The van der Waals surface area contributed by atoms with Crippen molar-refractivity contribution >= 4 is 11.5 Å². The number of ether oxygens (including phenoxy) is 3. The Hall–Kier alpha value is -3.35. The van der Waals surface area contributed by atoms with Crippen LogP contribution in [0, 0.1) is 0 Å². The van der Waals surface area contributed by atoms with Crippen LogP contribution in [0.2, 0.25) is 0 Å². The third-order valence-electron chi connectivity index (χ3n) is 3.58. The summed E-state index contributed by atoms with van der Waals surface area (Å²) in [7, 11) is 4.82. The third kappa shape index (κ3) is 3.77. The standard InChI is InChI=1S/C18H18N4O3/c1-23-13-4-5-15(17(7-13)25-3)22-18-8-16(20-11-21-18)12-6-14(24-2)10-19-9-12/h4-11H,1-3H3,(H,20,21,22). The first-order valence-electron chi connectivity index (χ1n) is 7.54. The number of hydrogen-bond donors (Lipinski definition) is 1. The highest BCUT2D eigenvalue weighted by atomic mass is 16.5. The summed E-state index contributed by atoms with van der Waals surface area (Å²) in [5, 5.41) is 3.23. The van der Waals surface area contributed by atoms with E-state index in [1.165, 1.54) is 6.33 Å². The van der Waals surface area contributed by atoms with Gasteiger partial charge in [0, 0.05) is 23.9 Å². The van der Waals surface area contributed by atoms with Crippen LogP contribution in [0.3, 0.4) is 0 Å². The summed E-state index contributed by atoms with van der Waals surface area (Å²) in [4.78, 5) is 12.7. The van der Waals surface area contributed by atoms with Crippen LogP contribution in [0.25, 0.3) is 11.3 Å². The minimum absolute atomic E-state index is 0.635. The van der Waals surface area contributed by atoms with Crippen LogP contribution in [0.4, 0.5) is 11.5 Å². The van der Waals surface area contributed by atoms with Gasteiger partial charge in [0.25, 0.3) is 0 Å². The van der Waals surface area contributed by atoms with Gasteiger partial charge in [0.1, 0.15) is 29.4 Å². The zero-order valence-corrected chi connectivity index (χ0v) is 14.2. The maximum Gasteiger partial charge on any atom is 0.146 e. The van der Waals surface area contributed by atoms with Crippen LogP contribution in [0.15, 0.2) is 49.1 Å². The zero-order valence-electron chi connectivity index (χ0n) is 14.2. The predicted molar refractivity (Wildman–Crippen MR) is 94.6 cm³/mol. The second-order valence-electron chi connectivity index (χ2n) is 5.09. The molecule has 0 bridgehead atoms. The Morgan fingerprint density at radius 2 is 1.68 bits per heavy atom. The van der Waals surface area contributed by atoms with Gasteiger partial charge in [-0.1, -0.05) is 0 Å². The lowest BCUT2D eigenvalue weighted by molar-refractivity contribution is 0.395. The molecule has 0 amide bonds. The summed E-state index contributed by atoms with van der Waals surface area (Å²) < 4.78 is 15.8. The number of nitrogens with zero attached hydrogens (tertiary/aromatic N) is 3. The molecule has 0 saturated carbocycles. The molecule has 2 aromatic heterocycles. The maximum atomic E-state index is 5.39. The fourth-order valence-electron chi connectivity index (χ4n) is 2.29. The topological polar surface area (TPSA) is 78.4 Å². The monoisotopic (exact) mass is 338 g/mol. The molecule has 0 radical (unpaired) electrons. The normalized spacial score (nSPS) is 10.2. The number of nitrogens with one attached hydrogen (secondary N) is 1. The van der Waals surface area contributed by atoms with Gasteiger partial charge in [-0.25, -0.2) is 9.97 Å². The van der Waals surface area contributed by atoms with Gasteiger partial charge in [-0.05, 0) is 18.2 Å². The first-order chi connectivity index (χ1) is 12.2. The molecular weight excluding hydrogens is 320 g/mol. The Kier molecular flexibility index (Phi) is 4.94. The molecule has 7 heteroatoms. The van der Waals surface area contributed by atoms with Crippen molar-refractivity contribution in [3.8, 4) is 28.5 Å². The van der Waals surface area contributed by atoms with Gasteiger partial charge in [0.2, 0.25) is 0 Å². The molecule has 0 aliphatic carbocycles. The van der Waals surface area contributed by atoms with E-state index >= 15 is 0 Å². The van der Waals surface area contributed by atoms with Crippen LogP contribution < -0.4 is 19.5 Å². The number of aromatic nitrogens is 3. The molecule has 3 rings (SSSR count).